The third-order valence-corrected chi connectivity index (χ3v) is 2.44. The molecule has 0 unspecified atom stereocenters. The Hall–Kier alpha value is -1.88. The van der Waals surface area contributed by atoms with Crippen LogP contribution in [0, 0.1) is 0 Å². The van der Waals surface area contributed by atoms with E-state index in [-0.39, 0.29) is 5.91 Å². The molecule has 5 heteroatoms. The highest BCUT2D eigenvalue weighted by Gasteiger charge is 2.20. The number of benzene rings is 1. The summed E-state index contributed by atoms with van der Waals surface area (Å²) in [7, 11) is 0. The van der Waals surface area contributed by atoms with E-state index in [1.54, 1.807) is 6.08 Å². The lowest BCUT2D eigenvalue weighted by molar-refractivity contribution is -0.115. The summed E-state index contributed by atoms with van der Waals surface area (Å²) in [6.45, 7) is 2.50. The molecule has 1 fully saturated rings. The first-order chi connectivity index (χ1) is 8.20. The molecule has 1 aliphatic heterocycles. The van der Waals surface area contributed by atoms with Gasteiger partial charge in [0.2, 0.25) is 0 Å². The van der Waals surface area contributed by atoms with Crippen LogP contribution >= 0.6 is 12.2 Å². The quantitative estimate of drug-likeness (QED) is 0.627. The maximum Gasteiger partial charge on any atom is 0.273 e. The number of amides is 1. The lowest BCUT2D eigenvalue weighted by Gasteiger charge is -2.06. The van der Waals surface area contributed by atoms with Crippen molar-refractivity contribution in [2.75, 3.05) is 6.61 Å². The summed E-state index contributed by atoms with van der Waals surface area (Å²) in [6, 6.07) is 7.52. The minimum atomic E-state index is -0.221. The number of nitrogens with one attached hydrogen (secondary N) is 2. The van der Waals surface area contributed by atoms with Crippen molar-refractivity contribution in [1.82, 2.24) is 10.6 Å². The summed E-state index contributed by atoms with van der Waals surface area (Å²) in [6.07, 6.45) is 1.72. The summed E-state index contributed by atoms with van der Waals surface area (Å²) in [5.74, 6) is 0.524. The Bertz CT molecular complexity index is 497. The van der Waals surface area contributed by atoms with Crippen LogP contribution in [0.4, 0.5) is 0 Å². The van der Waals surface area contributed by atoms with E-state index in [9.17, 15) is 4.79 Å². The van der Waals surface area contributed by atoms with Gasteiger partial charge in [-0.05, 0) is 31.3 Å². The average Bonchev–Trinajstić information content (AvgIpc) is 2.61. The van der Waals surface area contributed by atoms with Gasteiger partial charge in [0.1, 0.15) is 11.4 Å². The van der Waals surface area contributed by atoms with E-state index >= 15 is 0 Å². The van der Waals surface area contributed by atoms with Crippen LogP contribution in [0.15, 0.2) is 30.0 Å². The third kappa shape index (κ3) is 2.62. The van der Waals surface area contributed by atoms with Gasteiger partial charge in [0.05, 0.1) is 6.61 Å². The molecule has 0 spiro atoms. The fourth-order valence-corrected chi connectivity index (χ4v) is 1.73. The molecule has 1 aromatic carbocycles. The van der Waals surface area contributed by atoms with E-state index in [0.29, 0.717) is 17.4 Å². The smallest absolute Gasteiger partial charge is 0.273 e. The Morgan fingerprint density at radius 1 is 1.35 bits per heavy atom. The van der Waals surface area contributed by atoms with Crippen LogP contribution in [-0.4, -0.2) is 17.6 Å². The summed E-state index contributed by atoms with van der Waals surface area (Å²) in [5.41, 5.74) is 1.28. The third-order valence-electron chi connectivity index (χ3n) is 2.24. The van der Waals surface area contributed by atoms with Crippen LogP contribution in [0.1, 0.15) is 12.5 Å². The predicted octanol–water partition coefficient (Wildman–Crippen LogP) is 1.43. The Morgan fingerprint density at radius 3 is 2.76 bits per heavy atom. The Labute approximate surface area is 105 Å². The molecule has 0 radical (unpaired) electrons. The number of hydrogen-bond acceptors (Lipinski definition) is 3. The summed E-state index contributed by atoms with van der Waals surface area (Å²) in [4.78, 5) is 11.5. The molecule has 2 rings (SSSR count). The first kappa shape index (κ1) is 11.6. The van der Waals surface area contributed by atoms with Crippen LogP contribution in [0.25, 0.3) is 6.08 Å². The zero-order valence-corrected chi connectivity index (χ0v) is 10.1. The molecule has 1 heterocycles. The number of ether oxygens (including phenoxy) is 1. The van der Waals surface area contributed by atoms with Crippen LogP contribution in [-0.2, 0) is 4.79 Å². The van der Waals surface area contributed by atoms with Gasteiger partial charge in [-0.3, -0.25) is 10.1 Å². The molecule has 17 heavy (non-hydrogen) atoms. The number of thiocarbonyl (C=S) groups is 1. The molecule has 1 amide bonds. The monoisotopic (exact) mass is 248 g/mol. The molecule has 0 saturated carbocycles. The number of rotatable bonds is 3. The molecule has 4 nitrogen and oxygen atoms in total. The van der Waals surface area contributed by atoms with Gasteiger partial charge in [-0.25, -0.2) is 0 Å². The molecular formula is C12H12N2O2S. The van der Waals surface area contributed by atoms with Crippen molar-refractivity contribution < 1.29 is 9.53 Å². The summed E-state index contributed by atoms with van der Waals surface area (Å²) >= 11 is 4.86. The minimum Gasteiger partial charge on any atom is -0.493 e. The van der Waals surface area contributed by atoms with Gasteiger partial charge in [0, 0.05) is 5.56 Å². The van der Waals surface area contributed by atoms with Gasteiger partial charge in [-0.2, -0.15) is 0 Å². The first-order valence-electron chi connectivity index (χ1n) is 5.26. The highest BCUT2D eigenvalue weighted by atomic mass is 32.1. The normalized spacial score (nSPS) is 16.9. The standard InChI is InChI=1S/C12H12N2O2S/c1-2-16-10-6-4-3-5-8(10)7-9-11(15)14-12(17)13-9/h3-7H,2H2,1H3,(H2,13,14,15,17). The van der Waals surface area contributed by atoms with Crippen LogP contribution < -0.4 is 15.4 Å². The van der Waals surface area contributed by atoms with Crippen molar-refractivity contribution in [2.45, 2.75) is 6.92 Å². The molecule has 1 saturated heterocycles. The zero-order valence-electron chi connectivity index (χ0n) is 9.32. The Balaban J connectivity index is 2.32. The maximum atomic E-state index is 11.5. The lowest BCUT2D eigenvalue weighted by atomic mass is 10.1. The Morgan fingerprint density at radius 2 is 2.12 bits per heavy atom. The second-order valence-electron chi connectivity index (χ2n) is 3.44. The topological polar surface area (TPSA) is 50.4 Å². The van der Waals surface area contributed by atoms with Gasteiger partial charge in [-0.15, -0.1) is 0 Å². The van der Waals surface area contributed by atoms with Gasteiger partial charge < -0.3 is 10.1 Å². The van der Waals surface area contributed by atoms with Crippen molar-refractivity contribution >= 4 is 29.3 Å². The molecular weight excluding hydrogens is 236 g/mol. The Kier molecular flexibility index (Phi) is 3.39. The van der Waals surface area contributed by atoms with Crippen molar-refractivity contribution in [3.63, 3.8) is 0 Å². The molecule has 0 aliphatic carbocycles. The van der Waals surface area contributed by atoms with E-state index in [0.717, 1.165) is 11.3 Å². The predicted molar refractivity (Wildman–Crippen MR) is 69.5 cm³/mol. The van der Waals surface area contributed by atoms with E-state index in [1.165, 1.54) is 0 Å². The zero-order chi connectivity index (χ0) is 12.3. The molecule has 88 valence electrons. The maximum absolute atomic E-state index is 11.5. The molecule has 0 atom stereocenters. The second-order valence-corrected chi connectivity index (χ2v) is 3.85. The van der Waals surface area contributed by atoms with Gasteiger partial charge in [0.25, 0.3) is 5.91 Å². The number of para-hydroxylation sites is 1. The molecule has 0 bridgehead atoms. The van der Waals surface area contributed by atoms with E-state index in [2.05, 4.69) is 10.6 Å². The molecule has 0 aromatic heterocycles. The summed E-state index contributed by atoms with van der Waals surface area (Å²) in [5, 5.41) is 5.64. The average molecular weight is 248 g/mol. The largest absolute Gasteiger partial charge is 0.493 e. The van der Waals surface area contributed by atoms with Crippen molar-refractivity contribution in [1.29, 1.82) is 0 Å². The minimum absolute atomic E-state index is 0.221. The highest BCUT2D eigenvalue weighted by Crippen LogP contribution is 2.21. The van der Waals surface area contributed by atoms with E-state index in [1.807, 2.05) is 31.2 Å². The van der Waals surface area contributed by atoms with Crippen LogP contribution in [0.5, 0.6) is 5.75 Å². The fourth-order valence-electron chi connectivity index (χ4n) is 1.52. The van der Waals surface area contributed by atoms with Crippen LogP contribution in [0.2, 0.25) is 0 Å². The van der Waals surface area contributed by atoms with Gasteiger partial charge >= 0.3 is 0 Å². The van der Waals surface area contributed by atoms with Crippen molar-refractivity contribution in [3.05, 3.63) is 35.5 Å². The second kappa shape index (κ2) is 4.97. The first-order valence-corrected chi connectivity index (χ1v) is 5.67. The molecule has 1 aromatic rings. The SMILES string of the molecule is CCOc1ccccc1C=C1NC(=S)NC1=O. The van der Waals surface area contributed by atoms with Gasteiger partial charge in [0.15, 0.2) is 5.11 Å². The van der Waals surface area contributed by atoms with Crippen molar-refractivity contribution in [3.8, 4) is 5.75 Å². The fraction of sp³-hybridized carbons (Fsp3) is 0.167. The van der Waals surface area contributed by atoms with E-state index in [4.69, 9.17) is 17.0 Å². The number of carbonyl (C=O) groups is 1. The van der Waals surface area contributed by atoms with Crippen LogP contribution in [0.3, 0.4) is 0 Å². The number of hydrogen-bond donors (Lipinski definition) is 2. The van der Waals surface area contributed by atoms with Gasteiger partial charge in [-0.1, -0.05) is 18.2 Å². The summed E-state index contributed by atoms with van der Waals surface area (Å²) < 4.78 is 5.47. The lowest BCUT2D eigenvalue weighted by Crippen LogP contribution is -2.21. The number of carbonyl (C=O) groups excluding carboxylic acids is 1. The molecule has 1 aliphatic rings. The molecule has 2 N–H and O–H groups in total. The van der Waals surface area contributed by atoms with E-state index < -0.39 is 0 Å². The van der Waals surface area contributed by atoms with Crippen molar-refractivity contribution in [2.24, 2.45) is 0 Å². The highest BCUT2D eigenvalue weighted by molar-refractivity contribution is 7.80.